The molecule has 0 aliphatic carbocycles. The smallest absolute Gasteiger partial charge is 0.137 e. The maximum atomic E-state index is 6.47. The van der Waals surface area contributed by atoms with E-state index in [0.717, 1.165) is 25.4 Å². The van der Waals surface area contributed by atoms with Crippen molar-refractivity contribution in [1.82, 2.24) is 5.32 Å². The van der Waals surface area contributed by atoms with Gasteiger partial charge in [0.2, 0.25) is 0 Å². The molecule has 0 spiro atoms. The predicted octanol–water partition coefficient (Wildman–Crippen LogP) is 4.65. The molecule has 0 unspecified atom stereocenters. The van der Waals surface area contributed by atoms with Crippen molar-refractivity contribution < 1.29 is 4.74 Å². The first-order valence-corrected chi connectivity index (χ1v) is 8.64. The second-order valence-corrected chi connectivity index (χ2v) is 7.21. The van der Waals surface area contributed by atoms with Crippen LogP contribution in [-0.2, 0) is 5.41 Å². The summed E-state index contributed by atoms with van der Waals surface area (Å²) in [7, 11) is 0. The fourth-order valence-corrected chi connectivity index (χ4v) is 3.33. The molecule has 1 heterocycles. The van der Waals surface area contributed by atoms with E-state index in [1.54, 1.807) is 0 Å². The second-order valence-electron chi connectivity index (χ2n) is 6.81. The van der Waals surface area contributed by atoms with Crippen LogP contribution >= 0.6 is 11.6 Å². The second kappa shape index (κ2) is 6.94. The highest BCUT2D eigenvalue weighted by molar-refractivity contribution is 6.32. The Morgan fingerprint density at radius 2 is 1.91 bits per heavy atom. The summed E-state index contributed by atoms with van der Waals surface area (Å²) in [5.74, 6) is 1.37. The van der Waals surface area contributed by atoms with Gasteiger partial charge in [-0.25, -0.2) is 0 Å². The van der Waals surface area contributed by atoms with E-state index in [2.05, 4.69) is 49.5 Å². The minimum Gasteiger partial charge on any atom is -0.492 e. The lowest BCUT2D eigenvalue weighted by atomic mass is 9.78. The molecule has 1 aliphatic heterocycles. The Bertz CT molecular complexity index is 648. The molecule has 1 atom stereocenters. The molecule has 0 aromatic heterocycles. The molecule has 122 valence electrons. The Morgan fingerprint density at radius 3 is 2.57 bits per heavy atom. The zero-order valence-electron chi connectivity index (χ0n) is 13.8. The van der Waals surface area contributed by atoms with Crippen molar-refractivity contribution in [2.24, 2.45) is 5.92 Å². The average molecular weight is 330 g/mol. The number of rotatable bonds is 5. The molecule has 1 N–H and O–H groups in total. The van der Waals surface area contributed by atoms with Crippen molar-refractivity contribution in [2.45, 2.75) is 25.7 Å². The van der Waals surface area contributed by atoms with Crippen LogP contribution < -0.4 is 10.1 Å². The molecule has 2 nitrogen and oxygen atoms in total. The lowest BCUT2D eigenvalue weighted by molar-refractivity contribution is 0.260. The van der Waals surface area contributed by atoms with Gasteiger partial charge in [0.1, 0.15) is 5.75 Å². The Morgan fingerprint density at radius 1 is 1.13 bits per heavy atom. The van der Waals surface area contributed by atoms with Crippen LogP contribution in [0.4, 0.5) is 0 Å². The Labute approximate surface area is 143 Å². The summed E-state index contributed by atoms with van der Waals surface area (Å²) in [5, 5.41) is 4.05. The zero-order valence-corrected chi connectivity index (χ0v) is 14.6. The molecule has 23 heavy (non-hydrogen) atoms. The molecule has 1 fully saturated rings. The standard InChI is InChI=1S/C20H24ClNO/c1-20(2,16-6-4-3-5-7-16)17-8-9-19(18(21)12-17)23-14-15-10-11-22-13-15/h3-9,12,15,22H,10-11,13-14H2,1-2H3/t15-/m0/s1. The summed E-state index contributed by atoms with van der Waals surface area (Å²) in [4.78, 5) is 0. The Balaban J connectivity index is 1.75. The average Bonchev–Trinajstić information content (AvgIpc) is 3.08. The summed E-state index contributed by atoms with van der Waals surface area (Å²) < 4.78 is 5.92. The number of hydrogen-bond acceptors (Lipinski definition) is 2. The lowest BCUT2D eigenvalue weighted by Gasteiger charge is -2.26. The van der Waals surface area contributed by atoms with Gasteiger partial charge in [-0.15, -0.1) is 0 Å². The molecular weight excluding hydrogens is 306 g/mol. The van der Waals surface area contributed by atoms with E-state index in [0.29, 0.717) is 10.9 Å². The van der Waals surface area contributed by atoms with Gasteiger partial charge in [0.05, 0.1) is 11.6 Å². The number of benzene rings is 2. The normalized spacial score (nSPS) is 18.1. The highest BCUT2D eigenvalue weighted by Gasteiger charge is 2.24. The van der Waals surface area contributed by atoms with E-state index in [-0.39, 0.29) is 5.41 Å². The van der Waals surface area contributed by atoms with Crippen LogP contribution in [-0.4, -0.2) is 19.7 Å². The van der Waals surface area contributed by atoms with E-state index in [1.807, 2.05) is 18.2 Å². The van der Waals surface area contributed by atoms with Crippen LogP contribution in [0, 0.1) is 5.92 Å². The van der Waals surface area contributed by atoms with Crippen LogP contribution in [0.3, 0.4) is 0 Å². The summed E-state index contributed by atoms with van der Waals surface area (Å²) >= 11 is 6.47. The van der Waals surface area contributed by atoms with Gasteiger partial charge >= 0.3 is 0 Å². The van der Waals surface area contributed by atoms with Crippen molar-refractivity contribution >= 4 is 11.6 Å². The minimum atomic E-state index is -0.0845. The van der Waals surface area contributed by atoms with Crippen LogP contribution in [0.5, 0.6) is 5.75 Å². The summed E-state index contributed by atoms with van der Waals surface area (Å²) in [6, 6.07) is 16.7. The summed E-state index contributed by atoms with van der Waals surface area (Å²) in [5.41, 5.74) is 2.39. The largest absolute Gasteiger partial charge is 0.492 e. The van der Waals surface area contributed by atoms with Crippen LogP contribution in [0.15, 0.2) is 48.5 Å². The fourth-order valence-electron chi connectivity index (χ4n) is 3.09. The van der Waals surface area contributed by atoms with Crippen molar-refractivity contribution in [3.05, 3.63) is 64.7 Å². The first-order valence-electron chi connectivity index (χ1n) is 8.26. The number of nitrogens with one attached hydrogen (secondary N) is 1. The van der Waals surface area contributed by atoms with E-state index in [1.165, 1.54) is 17.5 Å². The number of hydrogen-bond donors (Lipinski definition) is 1. The fraction of sp³-hybridized carbons (Fsp3) is 0.400. The van der Waals surface area contributed by atoms with E-state index < -0.39 is 0 Å². The molecule has 0 saturated carbocycles. The Kier molecular flexibility index (Phi) is 4.93. The molecular formula is C20H24ClNO. The first kappa shape index (κ1) is 16.4. The van der Waals surface area contributed by atoms with Crippen LogP contribution in [0.2, 0.25) is 5.02 Å². The van der Waals surface area contributed by atoms with Gasteiger partial charge in [0, 0.05) is 17.9 Å². The highest BCUT2D eigenvalue weighted by atomic mass is 35.5. The minimum absolute atomic E-state index is 0.0845. The van der Waals surface area contributed by atoms with E-state index >= 15 is 0 Å². The van der Waals surface area contributed by atoms with Gasteiger partial charge < -0.3 is 10.1 Å². The van der Waals surface area contributed by atoms with Crippen molar-refractivity contribution in [2.75, 3.05) is 19.7 Å². The third-order valence-electron chi connectivity index (χ3n) is 4.79. The third-order valence-corrected chi connectivity index (χ3v) is 5.08. The SMILES string of the molecule is CC(C)(c1ccccc1)c1ccc(OC[C@H]2CCNC2)c(Cl)c1. The van der Waals surface area contributed by atoms with Gasteiger partial charge in [-0.05, 0) is 36.2 Å². The van der Waals surface area contributed by atoms with Crippen molar-refractivity contribution in [1.29, 1.82) is 0 Å². The molecule has 0 amide bonds. The van der Waals surface area contributed by atoms with Gasteiger partial charge in [0.25, 0.3) is 0 Å². The molecule has 3 heteroatoms. The first-order chi connectivity index (χ1) is 11.1. The quantitative estimate of drug-likeness (QED) is 0.861. The molecule has 2 aromatic rings. The molecule has 1 aliphatic rings. The van der Waals surface area contributed by atoms with Crippen molar-refractivity contribution in [3.8, 4) is 5.75 Å². The van der Waals surface area contributed by atoms with Gasteiger partial charge in [-0.2, -0.15) is 0 Å². The monoisotopic (exact) mass is 329 g/mol. The maximum Gasteiger partial charge on any atom is 0.137 e. The highest BCUT2D eigenvalue weighted by Crippen LogP contribution is 2.35. The van der Waals surface area contributed by atoms with Gasteiger partial charge in [-0.1, -0.05) is 61.8 Å². The lowest BCUT2D eigenvalue weighted by Crippen LogP contribution is -2.19. The summed E-state index contributed by atoms with van der Waals surface area (Å²) in [6.45, 7) is 7.30. The van der Waals surface area contributed by atoms with Gasteiger partial charge in [0.15, 0.2) is 0 Å². The van der Waals surface area contributed by atoms with Crippen LogP contribution in [0.25, 0.3) is 0 Å². The molecule has 0 radical (unpaired) electrons. The van der Waals surface area contributed by atoms with Gasteiger partial charge in [-0.3, -0.25) is 0 Å². The molecule has 1 saturated heterocycles. The third kappa shape index (κ3) is 3.70. The molecule has 3 rings (SSSR count). The zero-order chi connectivity index (χ0) is 16.3. The number of ether oxygens (including phenoxy) is 1. The topological polar surface area (TPSA) is 21.3 Å². The predicted molar refractivity (Wildman–Crippen MR) is 96.5 cm³/mol. The number of halogens is 1. The van der Waals surface area contributed by atoms with Crippen LogP contribution in [0.1, 0.15) is 31.4 Å². The van der Waals surface area contributed by atoms with E-state index in [9.17, 15) is 0 Å². The van der Waals surface area contributed by atoms with E-state index in [4.69, 9.17) is 16.3 Å². The molecule has 0 bridgehead atoms. The maximum absolute atomic E-state index is 6.47. The molecule has 2 aromatic carbocycles. The summed E-state index contributed by atoms with van der Waals surface area (Å²) in [6.07, 6.45) is 1.18. The van der Waals surface area contributed by atoms with Crippen molar-refractivity contribution in [3.63, 3.8) is 0 Å². The Hall–Kier alpha value is -1.51.